The zero-order valence-corrected chi connectivity index (χ0v) is 15.6. The average molecular weight is 381 g/mol. The number of morpholine rings is 1. The number of nitrogens with one attached hydrogen (secondary N) is 1. The van der Waals surface area contributed by atoms with Gasteiger partial charge in [-0.25, -0.2) is 4.98 Å². The van der Waals surface area contributed by atoms with Crippen LogP contribution in [-0.4, -0.2) is 75.2 Å². The summed E-state index contributed by atoms with van der Waals surface area (Å²) in [7, 11) is 0. The van der Waals surface area contributed by atoms with Gasteiger partial charge in [0.05, 0.1) is 13.2 Å². The van der Waals surface area contributed by atoms with Gasteiger partial charge >= 0.3 is 0 Å². The van der Waals surface area contributed by atoms with Crippen LogP contribution in [0.5, 0.6) is 0 Å². The van der Waals surface area contributed by atoms with E-state index in [0.717, 1.165) is 75.5 Å². The van der Waals surface area contributed by atoms with Crippen molar-refractivity contribution in [2.24, 2.45) is 0 Å². The highest BCUT2D eigenvalue weighted by Gasteiger charge is 2.22. The molecule has 2 saturated heterocycles. The molecule has 0 radical (unpaired) electrons. The topological polar surface area (TPSA) is 96.6 Å². The van der Waals surface area contributed by atoms with Gasteiger partial charge in [0, 0.05) is 38.4 Å². The van der Waals surface area contributed by atoms with Gasteiger partial charge in [-0.2, -0.15) is 9.50 Å². The lowest BCUT2D eigenvalue weighted by Crippen LogP contribution is -2.43. The molecule has 146 valence electrons. The van der Waals surface area contributed by atoms with E-state index in [4.69, 9.17) is 9.72 Å². The third kappa shape index (κ3) is 3.55. The van der Waals surface area contributed by atoms with E-state index < -0.39 is 0 Å². The van der Waals surface area contributed by atoms with Gasteiger partial charge in [-0.15, -0.1) is 15.3 Å². The molecule has 10 nitrogen and oxygen atoms in total. The van der Waals surface area contributed by atoms with E-state index in [2.05, 4.69) is 35.4 Å². The van der Waals surface area contributed by atoms with E-state index in [1.165, 1.54) is 0 Å². The van der Waals surface area contributed by atoms with Crippen molar-refractivity contribution in [3.63, 3.8) is 0 Å². The van der Waals surface area contributed by atoms with Crippen LogP contribution in [0.3, 0.4) is 0 Å². The molecule has 3 aromatic heterocycles. The molecule has 0 aliphatic carbocycles. The third-order valence-corrected chi connectivity index (χ3v) is 5.18. The van der Waals surface area contributed by atoms with Gasteiger partial charge in [0.2, 0.25) is 5.95 Å². The molecule has 1 N–H and O–H groups in total. The fourth-order valence-corrected chi connectivity index (χ4v) is 3.74. The largest absolute Gasteiger partial charge is 0.378 e. The SMILES string of the molecule is c1cc(NC2CCCN(c3ccc4nncn4n3)C2)nc(N2CCOCC2)n1. The summed E-state index contributed by atoms with van der Waals surface area (Å²) >= 11 is 0. The molecule has 5 heterocycles. The average Bonchev–Trinajstić information content (AvgIpc) is 3.23. The Kier molecular flexibility index (Phi) is 4.61. The van der Waals surface area contributed by atoms with Crippen molar-refractivity contribution in [3.05, 3.63) is 30.7 Å². The van der Waals surface area contributed by atoms with Crippen molar-refractivity contribution in [1.29, 1.82) is 0 Å². The number of ether oxygens (including phenoxy) is 1. The molecule has 0 saturated carbocycles. The molecule has 1 unspecified atom stereocenters. The maximum Gasteiger partial charge on any atom is 0.227 e. The Balaban J connectivity index is 1.27. The minimum Gasteiger partial charge on any atom is -0.378 e. The van der Waals surface area contributed by atoms with Crippen LogP contribution in [0, 0.1) is 0 Å². The lowest BCUT2D eigenvalue weighted by molar-refractivity contribution is 0.122. The highest BCUT2D eigenvalue weighted by Crippen LogP contribution is 2.21. The summed E-state index contributed by atoms with van der Waals surface area (Å²) in [5.74, 6) is 2.57. The van der Waals surface area contributed by atoms with Gasteiger partial charge in [-0.3, -0.25) is 0 Å². The van der Waals surface area contributed by atoms with Crippen LogP contribution in [0.25, 0.3) is 5.65 Å². The quantitative estimate of drug-likeness (QED) is 0.705. The standard InChI is InChI=1S/C18H23N9O/c1-2-14(12-26(7-1)17-4-3-16-23-20-13-27(16)24-17)21-15-5-6-19-18(22-15)25-8-10-28-11-9-25/h3-6,13-14H,1-2,7-12H2,(H,19,21,22). The van der Waals surface area contributed by atoms with E-state index in [1.54, 1.807) is 10.8 Å². The van der Waals surface area contributed by atoms with Crippen LogP contribution < -0.4 is 15.1 Å². The van der Waals surface area contributed by atoms with Crippen molar-refractivity contribution >= 4 is 23.2 Å². The summed E-state index contributed by atoms with van der Waals surface area (Å²) in [5, 5.41) is 16.1. The molecule has 2 aliphatic rings. The number of piperidine rings is 1. The van der Waals surface area contributed by atoms with Crippen LogP contribution in [-0.2, 0) is 4.74 Å². The summed E-state index contributed by atoms with van der Waals surface area (Å²) in [6.45, 7) is 4.97. The highest BCUT2D eigenvalue weighted by molar-refractivity contribution is 5.47. The summed E-state index contributed by atoms with van der Waals surface area (Å²) < 4.78 is 7.13. The molecular weight excluding hydrogens is 358 g/mol. The maximum absolute atomic E-state index is 5.41. The molecule has 2 aliphatic heterocycles. The molecule has 0 amide bonds. The molecule has 5 rings (SSSR count). The maximum atomic E-state index is 5.41. The van der Waals surface area contributed by atoms with Crippen molar-refractivity contribution < 1.29 is 4.74 Å². The van der Waals surface area contributed by atoms with Gasteiger partial charge in [0.15, 0.2) is 5.65 Å². The monoisotopic (exact) mass is 381 g/mol. The van der Waals surface area contributed by atoms with Gasteiger partial charge in [-0.1, -0.05) is 0 Å². The van der Waals surface area contributed by atoms with E-state index in [9.17, 15) is 0 Å². The first-order valence-electron chi connectivity index (χ1n) is 9.69. The van der Waals surface area contributed by atoms with Gasteiger partial charge in [-0.05, 0) is 31.0 Å². The molecular formula is C18H23N9O. The summed E-state index contributed by atoms with van der Waals surface area (Å²) in [6, 6.07) is 6.20. The van der Waals surface area contributed by atoms with Crippen LogP contribution in [0.2, 0.25) is 0 Å². The fourth-order valence-electron chi connectivity index (χ4n) is 3.74. The summed E-state index contributed by atoms with van der Waals surface area (Å²) in [5.41, 5.74) is 0.757. The van der Waals surface area contributed by atoms with Gasteiger partial charge < -0.3 is 19.9 Å². The Morgan fingerprint density at radius 2 is 2.00 bits per heavy atom. The molecule has 3 aromatic rings. The molecule has 10 heteroatoms. The lowest BCUT2D eigenvalue weighted by atomic mass is 10.1. The number of rotatable bonds is 4. The van der Waals surface area contributed by atoms with Gasteiger partial charge in [0.1, 0.15) is 18.0 Å². The number of nitrogens with zero attached hydrogens (tertiary/aromatic N) is 8. The molecule has 0 spiro atoms. The summed E-state index contributed by atoms with van der Waals surface area (Å²) in [4.78, 5) is 13.6. The number of anilines is 3. The van der Waals surface area contributed by atoms with E-state index in [0.29, 0.717) is 6.04 Å². The Morgan fingerprint density at radius 3 is 2.93 bits per heavy atom. The molecule has 2 fully saturated rings. The van der Waals surface area contributed by atoms with E-state index in [-0.39, 0.29) is 0 Å². The number of fused-ring (bicyclic) bond motifs is 1. The van der Waals surface area contributed by atoms with Crippen molar-refractivity contribution in [1.82, 2.24) is 29.8 Å². The van der Waals surface area contributed by atoms with E-state index >= 15 is 0 Å². The zero-order chi connectivity index (χ0) is 18.8. The Bertz CT molecular complexity index is 939. The first-order chi connectivity index (χ1) is 13.8. The normalized spacial score (nSPS) is 20.5. The predicted molar refractivity (Wildman–Crippen MR) is 105 cm³/mol. The van der Waals surface area contributed by atoms with Gasteiger partial charge in [0.25, 0.3) is 0 Å². The number of hydrogen-bond donors (Lipinski definition) is 1. The molecule has 28 heavy (non-hydrogen) atoms. The molecule has 0 bridgehead atoms. The fraction of sp³-hybridized carbons (Fsp3) is 0.500. The predicted octanol–water partition coefficient (Wildman–Crippen LogP) is 0.832. The zero-order valence-electron chi connectivity index (χ0n) is 15.6. The second-order valence-electron chi connectivity index (χ2n) is 7.10. The van der Waals surface area contributed by atoms with Crippen LogP contribution >= 0.6 is 0 Å². The van der Waals surface area contributed by atoms with E-state index in [1.807, 2.05) is 24.4 Å². The Hall–Kier alpha value is -3.01. The van der Waals surface area contributed by atoms with Crippen molar-refractivity contribution in [2.45, 2.75) is 18.9 Å². The molecule has 0 aromatic carbocycles. The van der Waals surface area contributed by atoms with Crippen molar-refractivity contribution in [2.75, 3.05) is 54.5 Å². The number of aromatic nitrogens is 6. The highest BCUT2D eigenvalue weighted by atomic mass is 16.5. The summed E-state index contributed by atoms with van der Waals surface area (Å²) in [6.07, 6.45) is 5.65. The Morgan fingerprint density at radius 1 is 1.07 bits per heavy atom. The van der Waals surface area contributed by atoms with Crippen molar-refractivity contribution in [3.8, 4) is 0 Å². The van der Waals surface area contributed by atoms with Crippen LogP contribution in [0.1, 0.15) is 12.8 Å². The first-order valence-corrected chi connectivity index (χ1v) is 9.69. The van der Waals surface area contributed by atoms with Crippen LogP contribution in [0.4, 0.5) is 17.6 Å². The van der Waals surface area contributed by atoms with Crippen LogP contribution in [0.15, 0.2) is 30.7 Å². The first kappa shape index (κ1) is 17.1. The minimum atomic E-state index is 0.305. The third-order valence-electron chi connectivity index (χ3n) is 5.18. The smallest absolute Gasteiger partial charge is 0.227 e. The Labute approximate surface area is 162 Å². The second kappa shape index (κ2) is 7.55. The lowest BCUT2D eigenvalue weighted by Gasteiger charge is -2.34. The molecule has 1 atom stereocenters. The number of hydrogen-bond acceptors (Lipinski definition) is 9. The minimum absolute atomic E-state index is 0.305. The second-order valence-corrected chi connectivity index (χ2v) is 7.10.